The Hall–Kier alpha value is -1.31. The predicted molar refractivity (Wildman–Crippen MR) is 40.5 cm³/mol. The van der Waals surface area contributed by atoms with E-state index in [1.807, 2.05) is 24.5 Å². The van der Waals surface area contributed by atoms with Crippen LogP contribution in [0.15, 0.2) is 24.0 Å². The molecule has 1 heterocycles. The first-order valence-corrected chi connectivity index (χ1v) is 3.09. The van der Waals surface area contributed by atoms with Crippen molar-refractivity contribution in [3.05, 3.63) is 29.6 Å². The quantitative estimate of drug-likeness (QED) is 0.485. The Morgan fingerprint density at radius 3 is 3.00 bits per heavy atom. The minimum atomic E-state index is 0.736. The van der Waals surface area contributed by atoms with Crippen molar-refractivity contribution >= 4 is 12.4 Å². The number of carbonyl (C=O) groups excluding carboxylic acids is 1. The van der Waals surface area contributed by atoms with Crippen molar-refractivity contribution in [2.24, 2.45) is 0 Å². The first kappa shape index (κ1) is 6.81. The van der Waals surface area contributed by atoms with Gasteiger partial charge in [-0.05, 0) is 30.2 Å². The van der Waals surface area contributed by atoms with E-state index in [1.165, 1.54) is 0 Å². The van der Waals surface area contributed by atoms with Gasteiger partial charge in [0.2, 0.25) is 0 Å². The maximum atomic E-state index is 10.2. The molecule has 1 N–H and O–H groups in total. The summed E-state index contributed by atoms with van der Waals surface area (Å²) in [5.41, 5.74) is 1.77. The van der Waals surface area contributed by atoms with Gasteiger partial charge < -0.3 is 4.98 Å². The molecule has 0 amide bonds. The Morgan fingerprint density at radius 2 is 2.50 bits per heavy atom. The Labute approximate surface area is 59.6 Å². The van der Waals surface area contributed by atoms with E-state index in [1.54, 1.807) is 6.92 Å². The standard InChI is InChI=1S/C8H9NO/c1-7(6-10)4-8-2-3-9-5-8/h2-6,9H,1H3. The first-order chi connectivity index (χ1) is 4.83. The largest absolute Gasteiger partial charge is 0.367 e. The molecule has 0 aliphatic rings. The third-order valence-electron chi connectivity index (χ3n) is 1.20. The van der Waals surface area contributed by atoms with Crippen LogP contribution in [0.5, 0.6) is 0 Å². The zero-order valence-electron chi connectivity index (χ0n) is 5.79. The maximum Gasteiger partial charge on any atom is 0.145 e. The smallest absolute Gasteiger partial charge is 0.145 e. The van der Waals surface area contributed by atoms with Crippen LogP contribution in [0, 0.1) is 0 Å². The van der Waals surface area contributed by atoms with Crippen molar-refractivity contribution in [1.29, 1.82) is 0 Å². The van der Waals surface area contributed by atoms with Gasteiger partial charge in [0.1, 0.15) is 6.29 Å². The molecule has 0 spiro atoms. The Morgan fingerprint density at radius 1 is 1.70 bits per heavy atom. The molecule has 0 aliphatic heterocycles. The van der Waals surface area contributed by atoms with Gasteiger partial charge in [-0.15, -0.1) is 0 Å². The van der Waals surface area contributed by atoms with Crippen LogP contribution in [0.2, 0.25) is 0 Å². The molecule has 0 unspecified atom stereocenters. The Kier molecular flexibility index (Phi) is 2.05. The van der Waals surface area contributed by atoms with Gasteiger partial charge in [-0.3, -0.25) is 4.79 Å². The second-order valence-corrected chi connectivity index (χ2v) is 2.15. The van der Waals surface area contributed by atoms with Crippen molar-refractivity contribution in [2.45, 2.75) is 6.92 Å². The summed E-state index contributed by atoms with van der Waals surface area (Å²) >= 11 is 0. The summed E-state index contributed by atoms with van der Waals surface area (Å²) in [6, 6.07) is 1.91. The molecule has 0 bridgehead atoms. The zero-order chi connectivity index (χ0) is 7.40. The summed E-state index contributed by atoms with van der Waals surface area (Å²) in [5.74, 6) is 0. The molecule has 0 saturated carbocycles. The number of nitrogens with one attached hydrogen (secondary N) is 1. The Bertz CT molecular complexity index is 234. The average molecular weight is 135 g/mol. The van der Waals surface area contributed by atoms with Crippen molar-refractivity contribution in [3.63, 3.8) is 0 Å². The molecule has 0 aliphatic carbocycles. The van der Waals surface area contributed by atoms with Gasteiger partial charge in [0, 0.05) is 12.4 Å². The highest BCUT2D eigenvalue weighted by Crippen LogP contribution is 2.02. The number of hydrogen-bond acceptors (Lipinski definition) is 1. The molecule has 1 aromatic rings. The van der Waals surface area contributed by atoms with Gasteiger partial charge in [0.15, 0.2) is 0 Å². The van der Waals surface area contributed by atoms with Crippen molar-refractivity contribution in [3.8, 4) is 0 Å². The molecule has 0 atom stereocenters. The molecule has 2 heteroatoms. The lowest BCUT2D eigenvalue weighted by Gasteiger charge is -1.83. The van der Waals surface area contributed by atoms with Crippen LogP contribution in [0.25, 0.3) is 6.08 Å². The summed E-state index contributed by atoms with van der Waals surface area (Å²) in [6.45, 7) is 1.78. The molecule has 0 saturated heterocycles. The zero-order valence-corrected chi connectivity index (χ0v) is 5.79. The van der Waals surface area contributed by atoms with Gasteiger partial charge in [0.25, 0.3) is 0 Å². The third kappa shape index (κ3) is 1.58. The number of carbonyl (C=O) groups is 1. The highest BCUT2D eigenvalue weighted by atomic mass is 16.1. The molecule has 1 rings (SSSR count). The molecule has 0 fully saturated rings. The fraction of sp³-hybridized carbons (Fsp3) is 0.125. The normalized spacial score (nSPS) is 11.5. The molecule has 52 valence electrons. The molecule has 2 nitrogen and oxygen atoms in total. The lowest BCUT2D eigenvalue weighted by Crippen LogP contribution is -1.73. The lowest BCUT2D eigenvalue weighted by atomic mass is 10.2. The summed E-state index contributed by atoms with van der Waals surface area (Å²) in [5, 5.41) is 0. The van der Waals surface area contributed by atoms with E-state index in [-0.39, 0.29) is 0 Å². The van der Waals surface area contributed by atoms with Crippen LogP contribution >= 0.6 is 0 Å². The third-order valence-corrected chi connectivity index (χ3v) is 1.20. The monoisotopic (exact) mass is 135 g/mol. The maximum absolute atomic E-state index is 10.2. The van der Waals surface area contributed by atoms with E-state index in [2.05, 4.69) is 4.98 Å². The number of allylic oxidation sites excluding steroid dienone is 1. The molecular weight excluding hydrogens is 126 g/mol. The molecule has 0 radical (unpaired) electrons. The van der Waals surface area contributed by atoms with Crippen LogP contribution in [0.1, 0.15) is 12.5 Å². The van der Waals surface area contributed by atoms with Gasteiger partial charge >= 0.3 is 0 Å². The first-order valence-electron chi connectivity index (χ1n) is 3.09. The van der Waals surface area contributed by atoms with Crippen molar-refractivity contribution < 1.29 is 4.79 Å². The van der Waals surface area contributed by atoms with E-state index in [0.717, 1.165) is 17.4 Å². The lowest BCUT2D eigenvalue weighted by molar-refractivity contribution is -0.104. The second kappa shape index (κ2) is 3.01. The summed E-state index contributed by atoms with van der Waals surface area (Å²) in [7, 11) is 0. The van der Waals surface area contributed by atoms with E-state index in [4.69, 9.17) is 0 Å². The van der Waals surface area contributed by atoms with Crippen LogP contribution in [-0.4, -0.2) is 11.3 Å². The van der Waals surface area contributed by atoms with Crippen molar-refractivity contribution in [2.75, 3.05) is 0 Å². The number of aromatic amines is 1. The van der Waals surface area contributed by atoms with Crippen LogP contribution in [0.3, 0.4) is 0 Å². The molecular formula is C8H9NO. The fourth-order valence-corrected chi connectivity index (χ4v) is 0.723. The minimum Gasteiger partial charge on any atom is -0.367 e. The minimum absolute atomic E-state index is 0.736. The van der Waals surface area contributed by atoms with E-state index < -0.39 is 0 Å². The summed E-state index contributed by atoms with van der Waals surface area (Å²) < 4.78 is 0. The van der Waals surface area contributed by atoms with Gasteiger partial charge in [0.05, 0.1) is 0 Å². The van der Waals surface area contributed by atoms with Crippen LogP contribution in [-0.2, 0) is 4.79 Å². The fourth-order valence-electron chi connectivity index (χ4n) is 0.723. The van der Waals surface area contributed by atoms with Gasteiger partial charge in [-0.25, -0.2) is 0 Å². The second-order valence-electron chi connectivity index (χ2n) is 2.15. The number of aromatic nitrogens is 1. The summed E-state index contributed by atoms with van der Waals surface area (Å²) in [6.07, 6.45) is 6.33. The van der Waals surface area contributed by atoms with Gasteiger partial charge in [-0.1, -0.05) is 0 Å². The number of hydrogen-bond donors (Lipinski definition) is 1. The summed E-state index contributed by atoms with van der Waals surface area (Å²) in [4.78, 5) is 13.1. The SMILES string of the molecule is CC(C=O)=Cc1cc[nH]c1. The van der Waals surface area contributed by atoms with Crippen molar-refractivity contribution in [1.82, 2.24) is 4.98 Å². The number of H-pyrrole nitrogens is 1. The topological polar surface area (TPSA) is 32.9 Å². The molecule has 0 aromatic carbocycles. The van der Waals surface area contributed by atoms with E-state index in [9.17, 15) is 4.79 Å². The Balaban J connectivity index is 2.80. The highest BCUT2D eigenvalue weighted by molar-refractivity contribution is 5.80. The van der Waals surface area contributed by atoms with Crippen LogP contribution in [0.4, 0.5) is 0 Å². The molecule has 1 aromatic heterocycles. The number of rotatable bonds is 2. The van der Waals surface area contributed by atoms with E-state index in [0.29, 0.717) is 0 Å². The number of aldehydes is 1. The van der Waals surface area contributed by atoms with E-state index >= 15 is 0 Å². The average Bonchev–Trinajstić information content (AvgIpc) is 2.40. The van der Waals surface area contributed by atoms with Crippen LogP contribution < -0.4 is 0 Å². The predicted octanol–water partition coefficient (Wildman–Crippen LogP) is 1.62. The molecule has 10 heavy (non-hydrogen) atoms. The highest BCUT2D eigenvalue weighted by Gasteiger charge is 1.87. The van der Waals surface area contributed by atoms with Gasteiger partial charge in [-0.2, -0.15) is 0 Å².